The smallest absolute Gasteiger partial charge is 0.338 e. The van der Waals surface area contributed by atoms with Gasteiger partial charge in [0.15, 0.2) is 12.4 Å². The zero-order valence-electron chi connectivity index (χ0n) is 15.1. The van der Waals surface area contributed by atoms with Crippen LogP contribution < -0.4 is 10.6 Å². The Morgan fingerprint density at radius 1 is 0.929 bits per heavy atom. The molecule has 0 atom stereocenters. The van der Waals surface area contributed by atoms with Crippen LogP contribution >= 0.6 is 0 Å². The van der Waals surface area contributed by atoms with E-state index in [0.29, 0.717) is 11.4 Å². The number of aryl methyl sites for hydroxylation is 1. The Balaban J connectivity index is 1.50. The van der Waals surface area contributed by atoms with Crippen LogP contribution in [0.15, 0.2) is 71.3 Å². The molecule has 0 aliphatic carbocycles. The third-order valence-electron chi connectivity index (χ3n) is 3.76. The Morgan fingerprint density at radius 2 is 1.71 bits per heavy atom. The van der Waals surface area contributed by atoms with Gasteiger partial charge in [0.05, 0.1) is 11.8 Å². The molecule has 0 aliphatic heterocycles. The van der Waals surface area contributed by atoms with Crippen molar-refractivity contribution < 1.29 is 23.5 Å². The number of benzene rings is 2. The fraction of sp³-hybridized carbons (Fsp3) is 0.0952. The first-order valence-corrected chi connectivity index (χ1v) is 8.50. The van der Waals surface area contributed by atoms with Crippen LogP contribution in [0.2, 0.25) is 0 Å². The van der Waals surface area contributed by atoms with Crippen molar-refractivity contribution in [2.24, 2.45) is 0 Å². The molecule has 0 unspecified atom stereocenters. The fourth-order valence-electron chi connectivity index (χ4n) is 2.42. The van der Waals surface area contributed by atoms with Gasteiger partial charge in [-0.2, -0.15) is 0 Å². The van der Waals surface area contributed by atoms with Gasteiger partial charge in [-0.15, -0.1) is 0 Å². The predicted octanol–water partition coefficient (Wildman–Crippen LogP) is 3.64. The van der Waals surface area contributed by atoms with Gasteiger partial charge in [-0.1, -0.05) is 12.1 Å². The monoisotopic (exact) mass is 378 g/mol. The van der Waals surface area contributed by atoms with Crippen molar-refractivity contribution in [3.8, 4) is 0 Å². The van der Waals surface area contributed by atoms with Crippen LogP contribution in [-0.4, -0.2) is 24.4 Å². The van der Waals surface area contributed by atoms with Gasteiger partial charge in [-0.25, -0.2) is 4.79 Å². The first-order valence-electron chi connectivity index (χ1n) is 8.50. The second-order valence-electron chi connectivity index (χ2n) is 6.00. The summed E-state index contributed by atoms with van der Waals surface area (Å²) in [6.45, 7) is 1.51. The van der Waals surface area contributed by atoms with E-state index < -0.39 is 24.4 Å². The summed E-state index contributed by atoms with van der Waals surface area (Å²) in [7, 11) is 0. The van der Waals surface area contributed by atoms with Crippen molar-refractivity contribution >= 4 is 29.2 Å². The second-order valence-corrected chi connectivity index (χ2v) is 6.00. The quantitative estimate of drug-likeness (QED) is 0.638. The van der Waals surface area contributed by atoms with E-state index in [9.17, 15) is 14.4 Å². The topological polar surface area (TPSA) is 97.6 Å². The number of nitrogens with one attached hydrogen (secondary N) is 2. The maximum Gasteiger partial charge on any atom is 0.338 e. The highest BCUT2D eigenvalue weighted by Gasteiger charge is 2.12. The minimum absolute atomic E-state index is 0.183. The highest BCUT2D eigenvalue weighted by atomic mass is 16.5. The molecule has 142 valence electrons. The van der Waals surface area contributed by atoms with Crippen molar-refractivity contribution in [3.05, 3.63) is 83.8 Å². The van der Waals surface area contributed by atoms with E-state index in [1.807, 2.05) is 25.1 Å². The van der Waals surface area contributed by atoms with E-state index in [0.717, 1.165) is 5.56 Å². The number of ether oxygens (including phenoxy) is 1. The molecule has 0 saturated carbocycles. The van der Waals surface area contributed by atoms with Crippen LogP contribution in [0.3, 0.4) is 0 Å². The Kier molecular flexibility index (Phi) is 5.86. The van der Waals surface area contributed by atoms with Gasteiger partial charge < -0.3 is 19.8 Å². The highest BCUT2D eigenvalue weighted by molar-refractivity contribution is 6.02. The van der Waals surface area contributed by atoms with Crippen LogP contribution in [0.1, 0.15) is 26.5 Å². The van der Waals surface area contributed by atoms with Crippen molar-refractivity contribution in [1.29, 1.82) is 0 Å². The number of anilines is 2. The molecule has 0 aliphatic rings. The minimum atomic E-state index is -0.636. The largest absolute Gasteiger partial charge is 0.459 e. The molecule has 0 fully saturated rings. The third kappa shape index (κ3) is 5.07. The van der Waals surface area contributed by atoms with E-state index in [1.165, 1.54) is 18.4 Å². The first-order chi connectivity index (χ1) is 13.5. The highest BCUT2D eigenvalue weighted by Crippen LogP contribution is 2.13. The molecule has 0 spiro atoms. The van der Waals surface area contributed by atoms with E-state index in [4.69, 9.17) is 9.15 Å². The molecule has 2 aromatic carbocycles. The standard InChI is InChI=1S/C21H18N2O5/c1-14-4-2-5-17(12-14)22-19(24)13-28-21(26)15-7-9-16(10-8-15)23-20(25)18-6-3-11-27-18/h2-12H,13H2,1H3,(H,22,24)(H,23,25). The number of esters is 1. The number of hydrogen-bond acceptors (Lipinski definition) is 5. The summed E-state index contributed by atoms with van der Waals surface area (Å²) in [5.41, 5.74) is 2.40. The molecule has 2 N–H and O–H groups in total. The van der Waals surface area contributed by atoms with E-state index in [-0.39, 0.29) is 11.3 Å². The SMILES string of the molecule is Cc1cccc(NC(=O)COC(=O)c2ccc(NC(=O)c3ccco3)cc2)c1. The molecule has 2 amide bonds. The molecule has 28 heavy (non-hydrogen) atoms. The lowest BCUT2D eigenvalue weighted by atomic mass is 10.2. The Labute approximate surface area is 161 Å². The maximum absolute atomic E-state index is 12.1. The number of carbonyl (C=O) groups is 3. The molecule has 0 saturated heterocycles. The average Bonchev–Trinajstić information content (AvgIpc) is 3.22. The predicted molar refractivity (Wildman–Crippen MR) is 103 cm³/mol. The zero-order chi connectivity index (χ0) is 19.9. The number of rotatable bonds is 6. The van der Waals surface area contributed by atoms with Gasteiger partial charge in [0.1, 0.15) is 0 Å². The molecular weight excluding hydrogens is 360 g/mol. The van der Waals surface area contributed by atoms with Gasteiger partial charge in [0, 0.05) is 11.4 Å². The molecule has 7 heteroatoms. The average molecular weight is 378 g/mol. The van der Waals surface area contributed by atoms with E-state index >= 15 is 0 Å². The van der Waals surface area contributed by atoms with E-state index in [1.54, 1.807) is 30.3 Å². The summed E-state index contributed by atoms with van der Waals surface area (Å²) in [5.74, 6) is -1.28. The fourth-order valence-corrected chi connectivity index (χ4v) is 2.42. The molecule has 7 nitrogen and oxygen atoms in total. The number of furan rings is 1. The number of amides is 2. The Morgan fingerprint density at radius 3 is 2.39 bits per heavy atom. The summed E-state index contributed by atoms with van der Waals surface area (Å²) >= 11 is 0. The van der Waals surface area contributed by atoms with Crippen LogP contribution in [0.5, 0.6) is 0 Å². The van der Waals surface area contributed by atoms with Gasteiger partial charge >= 0.3 is 5.97 Å². The summed E-state index contributed by atoms with van der Waals surface area (Å²) in [4.78, 5) is 35.9. The zero-order valence-corrected chi connectivity index (χ0v) is 15.1. The molecule has 1 heterocycles. The first kappa shape index (κ1) is 18.9. The molecule has 1 aromatic heterocycles. The lowest BCUT2D eigenvalue weighted by Gasteiger charge is -2.08. The van der Waals surface area contributed by atoms with Crippen molar-refractivity contribution in [3.63, 3.8) is 0 Å². The maximum atomic E-state index is 12.1. The van der Waals surface area contributed by atoms with Gasteiger partial charge in [-0.3, -0.25) is 9.59 Å². The minimum Gasteiger partial charge on any atom is -0.459 e. The molecule has 0 bridgehead atoms. The van der Waals surface area contributed by atoms with Crippen LogP contribution in [0, 0.1) is 6.92 Å². The second kappa shape index (κ2) is 8.68. The van der Waals surface area contributed by atoms with Crippen LogP contribution in [0.25, 0.3) is 0 Å². The third-order valence-corrected chi connectivity index (χ3v) is 3.76. The molecule has 3 rings (SSSR count). The van der Waals surface area contributed by atoms with Crippen LogP contribution in [-0.2, 0) is 9.53 Å². The number of carbonyl (C=O) groups excluding carboxylic acids is 3. The molecule has 0 radical (unpaired) electrons. The van der Waals surface area contributed by atoms with Crippen LogP contribution in [0.4, 0.5) is 11.4 Å². The Bertz CT molecular complexity index is 978. The van der Waals surface area contributed by atoms with Crippen molar-refractivity contribution in [2.45, 2.75) is 6.92 Å². The summed E-state index contributed by atoms with van der Waals surface area (Å²) < 4.78 is 10.0. The van der Waals surface area contributed by atoms with Gasteiger partial charge in [0.25, 0.3) is 11.8 Å². The van der Waals surface area contributed by atoms with Gasteiger partial charge in [-0.05, 0) is 61.0 Å². The molecular formula is C21H18N2O5. The number of hydrogen-bond donors (Lipinski definition) is 2. The normalized spacial score (nSPS) is 10.2. The van der Waals surface area contributed by atoms with Crippen molar-refractivity contribution in [2.75, 3.05) is 17.2 Å². The molecule has 3 aromatic rings. The summed E-state index contributed by atoms with van der Waals surface area (Å²) in [6, 6.07) is 16.6. The van der Waals surface area contributed by atoms with E-state index in [2.05, 4.69) is 10.6 Å². The van der Waals surface area contributed by atoms with Crippen molar-refractivity contribution in [1.82, 2.24) is 0 Å². The summed E-state index contributed by atoms with van der Waals surface area (Å²) in [6.07, 6.45) is 1.41. The lowest BCUT2D eigenvalue weighted by molar-refractivity contribution is -0.119. The Hall–Kier alpha value is -3.87. The lowest BCUT2D eigenvalue weighted by Crippen LogP contribution is -2.21. The summed E-state index contributed by atoms with van der Waals surface area (Å²) in [5, 5.41) is 5.30. The van der Waals surface area contributed by atoms with Gasteiger partial charge in [0.2, 0.25) is 0 Å².